The van der Waals surface area contributed by atoms with Crippen molar-refractivity contribution in [2.75, 3.05) is 85.1 Å². The molecule has 0 spiro atoms. The summed E-state index contributed by atoms with van der Waals surface area (Å²) in [6.45, 7) is 19.8. The van der Waals surface area contributed by atoms with Crippen LogP contribution in [0.4, 0.5) is 0 Å². The molecular weight excluding hydrogens is 596 g/mol. The molecule has 0 saturated heterocycles. The third kappa shape index (κ3) is 19.5. The zero-order chi connectivity index (χ0) is 34.9. The van der Waals surface area contributed by atoms with Gasteiger partial charge in [-0.25, -0.2) is 0 Å². The van der Waals surface area contributed by atoms with E-state index >= 15 is 0 Å². The maximum absolute atomic E-state index is 13.4. The predicted octanol–water partition coefficient (Wildman–Crippen LogP) is -1.59. The van der Waals surface area contributed by atoms with Crippen molar-refractivity contribution >= 4 is 41.4 Å². The molecule has 0 aromatic heterocycles. The third-order valence-corrected chi connectivity index (χ3v) is 6.58. The monoisotopic (exact) mass is 646 g/mol. The van der Waals surface area contributed by atoms with Gasteiger partial charge in [-0.3, -0.25) is 38.5 Å². The molecule has 0 aliphatic carbocycles. The summed E-state index contributed by atoms with van der Waals surface area (Å²) in [7, 11) is 0. The van der Waals surface area contributed by atoms with E-state index in [2.05, 4.69) is 47.6 Å². The first kappa shape index (κ1) is 41.2. The van der Waals surface area contributed by atoms with Gasteiger partial charge in [0.1, 0.15) is 0 Å². The molecule has 0 aliphatic heterocycles. The van der Waals surface area contributed by atoms with Gasteiger partial charge >= 0.3 is 0 Å². The number of rotatable bonds is 25. The van der Waals surface area contributed by atoms with Crippen LogP contribution in [0.2, 0.25) is 0 Å². The van der Waals surface area contributed by atoms with Gasteiger partial charge in [0.15, 0.2) is 0 Å². The van der Waals surface area contributed by atoms with Crippen molar-refractivity contribution < 1.29 is 33.6 Å². The van der Waals surface area contributed by atoms with Crippen molar-refractivity contribution in [2.24, 2.45) is 0 Å². The largest absolute Gasteiger partial charge is 0.355 e. The number of hydrogen-bond acceptors (Lipinski definition) is 8. The van der Waals surface area contributed by atoms with Gasteiger partial charge in [-0.2, -0.15) is 0 Å². The van der Waals surface area contributed by atoms with Gasteiger partial charge < -0.3 is 36.0 Å². The number of nitrogens with zero attached hydrogens (tertiary/aromatic N) is 4. The van der Waals surface area contributed by atoms with Crippen LogP contribution in [0.25, 0.3) is 0 Å². The minimum Gasteiger partial charge on any atom is -0.355 e. The molecule has 46 heavy (non-hydrogen) atoms. The lowest BCUT2D eigenvalue weighted by Gasteiger charge is -2.30. The number of carbonyl (C=O) groups excluding carboxylic acids is 7. The van der Waals surface area contributed by atoms with Gasteiger partial charge in [0.25, 0.3) is 0 Å². The van der Waals surface area contributed by atoms with E-state index in [4.69, 9.17) is 0 Å². The fourth-order valence-electron chi connectivity index (χ4n) is 4.06. The van der Waals surface area contributed by atoms with Crippen LogP contribution < -0.4 is 21.3 Å². The lowest BCUT2D eigenvalue weighted by Crippen LogP contribution is -2.47. The first-order chi connectivity index (χ1) is 21.9. The number of hydrogen-bond donors (Lipinski definition) is 4. The van der Waals surface area contributed by atoms with Crippen molar-refractivity contribution in [3.8, 4) is 0 Å². The summed E-state index contributed by atoms with van der Waals surface area (Å²) in [5.41, 5.74) is 0. The van der Waals surface area contributed by atoms with Crippen molar-refractivity contribution in [3.05, 3.63) is 50.6 Å². The quantitative estimate of drug-likeness (QED) is 0.0858. The molecule has 0 heterocycles. The van der Waals surface area contributed by atoms with E-state index in [9.17, 15) is 33.6 Å². The minimum atomic E-state index is -0.377. The SMILES string of the molecule is C=CC(=O)NCCN(CCN(CCNC(C)=O)CCC(=O)N(CCNC(C)=O)CCN(CCNC(=O)C=C)C(=O)C=C)C(=O)C=C. The summed E-state index contributed by atoms with van der Waals surface area (Å²) in [6.07, 6.45) is 4.68. The summed E-state index contributed by atoms with van der Waals surface area (Å²) in [5.74, 6) is -2.11. The molecule has 15 heteroatoms. The fraction of sp³-hybridized carbons (Fsp3) is 0.516. The lowest BCUT2D eigenvalue weighted by atomic mass is 10.3. The van der Waals surface area contributed by atoms with Crippen LogP contribution in [0.5, 0.6) is 0 Å². The maximum atomic E-state index is 13.4. The molecule has 0 saturated carbocycles. The molecule has 256 valence electrons. The first-order valence-corrected chi connectivity index (χ1v) is 15.0. The minimum absolute atomic E-state index is 0.0791. The number of amides is 7. The van der Waals surface area contributed by atoms with Crippen molar-refractivity contribution in [1.82, 2.24) is 40.9 Å². The van der Waals surface area contributed by atoms with E-state index in [1.54, 1.807) is 4.90 Å². The normalized spacial score (nSPS) is 10.2. The molecule has 0 aliphatic rings. The molecule has 0 unspecified atom stereocenters. The Bertz CT molecular complexity index is 1090. The topological polar surface area (TPSA) is 181 Å². The van der Waals surface area contributed by atoms with Crippen LogP contribution in [0.15, 0.2) is 50.6 Å². The molecule has 0 atom stereocenters. The Labute approximate surface area is 271 Å². The van der Waals surface area contributed by atoms with E-state index < -0.39 is 0 Å². The Hall–Kier alpha value is -4.79. The summed E-state index contributed by atoms with van der Waals surface area (Å²) in [5, 5.41) is 10.6. The van der Waals surface area contributed by atoms with Crippen LogP contribution in [0, 0.1) is 0 Å². The molecule has 0 aromatic carbocycles. The van der Waals surface area contributed by atoms with Gasteiger partial charge in [0.05, 0.1) is 0 Å². The first-order valence-electron chi connectivity index (χ1n) is 15.0. The smallest absolute Gasteiger partial charge is 0.246 e. The Morgan fingerprint density at radius 2 is 0.870 bits per heavy atom. The second kappa shape index (κ2) is 24.5. The van der Waals surface area contributed by atoms with Crippen molar-refractivity contribution in [3.63, 3.8) is 0 Å². The summed E-state index contributed by atoms with van der Waals surface area (Å²) >= 11 is 0. The number of carbonyl (C=O) groups is 7. The molecule has 4 N–H and O–H groups in total. The Morgan fingerprint density at radius 3 is 1.30 bits per heavy atom. The third-order valence-electron chi connectivity index (χ3n) is 6.58. The average Bonchev–Trinajstić information content (AvgIpc) is 3.03. The lowest BCUT2D eigenvalue weighted by molar-refractivity contribution is -0.134. The Balaban J connectivity index is 5.57. The van der Waals surface area contributed by atoms with E-state index in [1.807, 2.05) is 4.90 Å². The summed E-state index contributed by atoms with van der Waals surface area (Å²) in [6, 6.07) is 0. The van der Waals surface area contributed by atoms with Crippen molar-refractivity contribution in [1.29, 1.82) is 0 Å². The predicted molar refractivity (Wildman–Crippen MR) is 175 cm³/mol. The van der Waals surface area contributed by atoms with E-state index in [0.717, 1.165) is 18.2 Å². The van der Waals surface area contributed by atoms with E-state index in [-0.39, 0.29) is 107 Å². The van der Waals surface area contributed by atoms with Crippen LogP contribution in [0.1, 0.15) is 20.3 Å². The van der Waals surface area contributed by atoms with Gasteiger partial charge in [0.2, 0.25) is 41.4 Å². The summed E-state index contributed by atoms with van der Waals surface area (Å²) < 4.78 is 0. The fourth-order valence-corrected chi connectivity index (χ4v) is 4.06. The van der Waals surface area contributed by atoms with Crippen LogP contribution in [-0.2, 0) is 33.6 Å². The highest BCUT2D eigenvalue weighted by molar-refractivity contribution is 5.88. The highest BCUT2D eigenvalue weighted by Crippen LogP contribution is 2.02. The zero-order valence-electron chi connectivity index (χ0n) is 27.2. The van der Waals surface area contributed by atoms with Crippen LogP contribution in [-0.4, -0.2) is 146 Å². The maximum Gasteiger partial charge on any atom is 0.246 e. The molecule has 0 bridgehead atoms. The molecule has 0 fully saturated rings. The second-order valence-electron chi connectivity index (χ2n) is 9.99. The van der Waals surface area contributed by atoms with E-state index in [1.165, 1.54) is 29.7 Å². The highest BCUT2D eigenvalue weighted by Gasteiger charge is 2.19. The molecule has 0 aromatic rings. The van der Waals surface area contributed by atoms with Crippen LogP contribution in [0.3, 0.4) is 0 Å². The van der Waals surface area contributed by atoms with Crippen molar-refractivity contribution in [2.45, 2.75) is 20.3 Å². The van der Waals surface area contributed by atoms with Crippen LogP contribution >= 0.6 is 0 Å². The highest BCUT2D eigenvalue weighted by atomic mass is 16.2. The molecular formula is C31H50N8O7. The van der Waals surface area contributed by atoms with Gasteiger partial charge in [-0.05, 0) is 24.3 Å². The average molecular weight is 647 g/mol. The number of nitrogens with one attached hydrogen (secondary N) is 4. The summed E-state index contributed by atoms with van der Waals surface area (Å²) in [4.78, 5) is 90.6. The van der Waals surface area contributed by atoms with Gasteiger partial charge in [-0.1, -0.05) is 26.3 Å². The van der Waals surface area contributed by atoms with Gasteiger partial charge in [-0.15, -0.1) is 0 Å². The Morgan fingerprint density at radius 1 is 0.478 bits per heavy atom. The van der Waals surface area contributed by atoms with E-state index in [0.29, 0.717) is 26.2 Å². The zero-order valence-corrected chi connectivity index (χ0v) is 27.2. The second-order valence-corrected chi connectivity index (χ2v) is 9.99. The van der Waals surface area contributed by atoms with Gasteiger partial charge in [0, 0.05) is 105 Å². The Kier molecular flexibility index (Phi) is 22.0. The molecule has 0 radical (unpaired) electrons. The molecule has 0 rings (SSSR count). The molecule has 15 nitrogen and oxygen atoms in total. The standard InChI is InChI=1S/C31H50N8O7/c1-7-27(42)34-14-19-37(29(44)9-3)22-21-36(17-12-32-25(5)40)16-11-31(46)39(18-13-33-26(6)41)24-23-38(30(45)10-4)20-15-35-28(43)8-2/h7-10H,1-4,11-24H2,5-6H3,(H,32,40)(H,33,41)(H,34,42)(H,35,43). The molecule has 7 amide bonds.